The van der Waals surface area contributed by atoms with Crippen LogP contribution in [-0.4, -0.2) is 74.5 Å². The van der Waals surface area contributed by atoms with E-state index in [0.29, 0.717) is 12.0 Å². The van der Waals surface area contributed by atoms with Gasteiger partial charge in [0, 0.05) is 50.4 Å². The average Bonchev–Trinajstić information content (AvgIpc) is 2.77. The number of benzene rings is 1. The normalized spacial score (nSPS) is 23.1. The summed E-state index contributed by atoms with van der Waals surface area (Å²) in [6, 6.07) is 6.91. The van der Waals surface area contributed by atoms with Crippen molar-refractivity contribution in [1.82, 2.24) is 20.9 Å². The molecule has 1 aromatic carbocycles. The van der Waals surface area contributed by atoms with Gasteiger partial charge in [-0.3, -0.25) is 24.6 Å². The first-order chi connectivity index (χ1) is 14.6. The Hall–Kier alpha value is -2.16. The molecule has 3 fully saturated rings. The lowest BCUT2D eigenvalue weighted by atomic mass is 9.97. The quantitative estimate of drug-likeness (QED) is 0.575. The van der Waals surface area contributed by atoms with E-state index in [1.165, 1.54) is 19.4 Å². The first-order valence-electron chi connectivity index (χ1n) is 11.0. The van der Waals surface area contributed by atoms with E-state index in [2.05, 4.69) is 25.8 Å². The summed E-state index contributed by atoms with van der Waals surface area (Å²) in [6.45, 7) is 7.63. The molecule has 170 valence electrons. The molecule has 4 rings (SSSR count). The van der Waals surface area contributed by atoms with Gasteiger partial charge in [-0.1, -0.05) is 0 Å². The summed E-state index contributed by atoms with van der Waals surface area (Å²) in [6.07, 6.45) is 3.15. The smallest absolute Gasteiger partial charge is 0.251 e. The minimum absolute atomic E-state index is 0. The third-order valence-electron chi connectivity index (χ3n) is 6.39. The zero-order chi connectivity index (χ0) is 20.9. The standard InChI is InChI=1S/C22H31N5O3.ClH/c28-20-6-5-19(22(30)25-20)24-21(29)17-1-3-18(4-2-17)27-13-11-26(12-14-27)15-16-7-9-23-10-8-16;/h1-4,16,19,23H,5-15H2,(H,24,29)(H,25,28,30);1H/t19-;/m0./s1. The predicted octanol–water partition coefficient (Wildman–Crippen LogP) is 0.765. The number of rotatable bonds is 5. The maximum absolute atomic E-state index is 12.5. The van der Waals surface area contributed by atoms with Crippen LogP contribution in [0, 0.1) is 5.92 Å². The fourth-order valence-corrected chi connectivity index (χ4v) is 4.51. The Labute approximate surface area is 189 Å². The van der Waals surface area contributed by atoms with Gasteiger partial charge >= 0.3 is 0 Å². The van der Waals surface area contributed by atoms with E-state index in [1.54, 1.807) is 12.1 Å². The third-order valence-corrected chi connectivity index (χ3v) is 6.39. The van der Waals surface area contributed by atoms with Gasteiger partial charge in [0.15, 0.2) is 0 Å². The Balaban J connectivity index is 0.00000272. The van der Waals surface area contributed by atoms with Crippen molar-refractivity contribution in [1.29, 1.82) is 0 Å². The van der Waals surface area contributed by atoms with E-state index in [9.17, 15) is 14.4 Å². The number of nitrogens with zero attached hydrogens (tertiary/aromatic N) is 2. The number of anilines is 1. The monoisotopic (exact) mass is 449 g/mol. The van der Waals surface area contributed by atoms with Gasteiger partial charge in [0.2, 0.25) is 11.8 Å². The molecule has 3 aliphatic rings. The Morgan fingerprint density at radius 2 is 1.68 bits per heavy atom. The number of hydrogen-bond acceptors (Lipinski definition) is 6. The molecule has 0 saturated carbocycles. The fraction of sp³-hybridized carbons (Fsp3) is 0.591. The first kappa shape index (κ1) is 23.5. The lowest BCUT2D eigenvalue weighted by Gasteiger charge is -2.38. The van der Waals surface area contributed by atoms with Crippen molar-refractivity contribution < 1.29 is 14.4 Å². The lowest BCUT2D eigenvalue weighted by molar-refractivity contribution is -0.134. The van der Waals surface area contributed by atoms with E-state index in [1.807, 2.05) is 12.1 Å². The van der Waals surface area contributed by atoms with Crippen molar-refractivity contribution in [3.05, 3.63) is 29.8 Å². The zero-order valence-corrected chi connectivity index (χ0v) is 18.6. The number of carbonyl (C=O) groups excluding carboxylic acids is 3. The maximum atomic E-state index is 12.5. The Kier molecular flexibility index (Phi) is 8.28. The molecule has 9 heteroatoms. The van der Waals surface area contributed by atoms with Gasteiger partial charge in [0.1, 0.15) is 6.04 Å². The van der Waals surface area contributed by atoms with Crippen molar-refractivity contribution in [2.24, 2.45) is 5.92 Å². The molecule has 3 N–H and O–H groups in total. The van der Waals surface area contributed by atoms with Gasteiger partial charge in [0.25, 0.3) is 5.91 Å². The van der Waals surface area contributed by atoms with Gasteiger partial charge in [-0.15, -0.1) is 12.4 Å². The maximum Gasteiger partial charge on any atom is 0.251 e. The van der Waals surface area contributed by atoms with Gasteiger partial charge < -0.3 is 15.5 Å². The van der Waals surface area contributed by atoms with Crippen LogP contribution in [0.4, 0.5) is 5.69 Å². The van der Waals surface area contributed by atoms with Crippen molar-refractivity contribution in [2.45, 2.75) is 31.7 Å². The van der Waals surface area contributed by atoms with E-state index in [4.69, 9.17) is 0 Å². The summed E-state index contributed by atoms with van der Waals surface area (Å²) >= 11 is 0. The van der Waals surface area contributed by atoms with Crippen LogP contribution in [0.2, 0.25) is 0 Å². The van der Waals surface area contributed by atoms with Gasteiger partial charge in [-0.05, 0) is 62.5 Å². The number of piperidine rings is 2. The van der Waals surface area contributed by atoms with Crippen molar-refractivity contribution in [3.8, 4) is 0 Å². The minimum atomic E-state index is -0.650. The predicted molar refractivity (Wildman–Crippen MR) is 122 cm³/mol. The lowest BCUT2D eigenvalue weighted by Crippen LogP contribution is -2.52. The van der Waals surface area contributed by atoms with Crippen molar-refractivity contribution >= 4 is 35.8 Å². The molecule has 1 aromatic rings. The number of imide groups is 1. The molecule has 3 amide bonds. The summed E-state index contributed by atoms with van der Waals surface area (Å²) in [7, 11) is 0. The molecule has 3 heterocycles. The van der Waals surface area contributed by atoms with Crippen LogP contribution < -0.4 is 20.9 Å². The summed E-state index contributed by atoms with van der Waals surface area (Å²) in [5.74, 6) is -0.188. The van der Waals surface area contributed by atoms with E-state index in [0.717, 1.165) is 50.9 Å². The topological polar surface area (TPSA) is 93.8 Å². The van der Waals surface area contributed by atoms with Crippen LogP contribution in [-0.2, 0) is 9.59 Å². The minimum Gasteiger partial charge on any atom is -0.369 e. The van der Waals surface area contributed by atoms with Crippen LogP contribution in [0.25, 0.3) is 0 Å². The first-order valence-corrected chi connectivity index (χ1v) is 11.0. The third kappa shape index (κ3) is 6.18. The summed E-state index contributed by atoms with van der Waals surface area (Å²) in [4.78, 5) is 40.5. The van der Waals surface area contributed by atoms with E-state index in [-0.39, 0.29) is 30.6 Å². The number of halogens is 1. The molecule has 8 nitrogen and oxygen atoms in total. The van der Waals surface area contributed by atoms with E-state index < -0.39 is 11.9 Å². The zero-order valence-electron chi connectivity index (χ0n) is 17.8. The molecular weight excluding hydrogens is 418 g/mol. The highest BCUT2D eigenvalue weighted by molar-refractivity contribution is 6.03. The van der Waals surface area contributed by atoms with Crippen LogP contribution in [0.15, 0.2) is 24.3 Å². The molecule has 0 radical (unpaired) electrons. The number of carbonyl (C=O) groups is 3. The second kappa shape index (κ2) is 10.9. The second-order valence-corrected chi connectivity index (χ2v) is 8.51. The van der Waals surface area contributed by atoms with Gasteiger partial charge in [-0.2, -0.15) is 0 Å². The molecule has 3 saturated heterocycles. The highest BCUT2D eigenvalue weighted by atomic mass is 35.5. The van der Waals surface area contributed by atoms with E-state index >= 15 is 0 Å². The average molecular weight is 450 g/mol. The molecule has 31 heavy (non-hydrogen) atoms. The number of amides is 3. The molecule has 3 aliphatic heterocycles. The SMILES string of the molecule is Cl.O=C1CC[C@H](NC(=O)c2ccc(N3CCN(CC4CCNCC4)CC3)cc2)C(=O)N1. The Morgan fingerprint density at radius 1 is 1.00 bits per heavy atom. The highest BCUT2D eigenvalue weighted by Gasteiger charge is 2.28. The van der Waals surface area contributed by atoms with Crippen LogP contribution >= 0.6 is 12.4 Å². The van der Waals surface area contributed by atoms with Gasteiger partial charge in [-0.25, -0.2) is 0 Å². The second-order valence-electron chi connectivity index (χ2n) is 8.51. The molecule has 1 atom stereocenters. The number of nitrogens with one attached hydrogen (secondary N) is 3. The van der Waals surface area contributed by atoms with Crippen LogP contribution in [0.1, 0.15) is 36.0 Å². The molecule has 0 aliphatic carbocycles. The largest absolute Gasteiger partial charge is 0.369 e. The number of hydrogen-bond donors (Lipinski definition) is 3. The summed E-state index contributed by atoms with van der Waals surface area (Å²) in [5.41, 5.74) is 1.64. The Morgan fingerprint density at radius 3 is 2.32 bits per heavy atom. The van der Waals surface area contributed by atoms with Crippen LogP contribution in [0.5, 0.6) is 0 Å². The summed E-state index contributed by atoms with van der Waals surface area (Å²) in [5, 5.41) is 8.41. The van der Waals surface area contributed by atoms with Crippen LogP contribution in [0.3, 0.4) is 0 Å². The molecule has 0 bridgehead atoms. The highest BCUT2D eigenvalue weighted by Crippen LogP contribution is 2.20. The summed E-state index contributed by atoms with van der Waals surface area (Å²) < 4.78 is 0. The molecule has 0 aromatic heterocycles. The molecule has 0 spiro atoms. The molecular formula is C22H32ClN5O3. The van der Waals surface area contributed by atoms with Crippen molar-refractivity contribution in [3.63, 3.8) is 0 Å². The van der Waals surface area contributed by atoms with Gasteiger partial charge in [0.05, 0.1) is 0 Å². The number of piperazine rings is 1. The fourth-order valence-electron chi connectivity index (χ4n) is 4.51. The molecule has 0 unspecified atom stereocenters. The Bertz CT molecular complexity index is 774. The van der Waals surface area contributed by atoms with Crippen molar-refractivity contribution in [2.75, 3.05) is 50.7 Å².